The van der Waals surface area contributed by atoms with Gasteiger partial charge in [0.25, 0.3) is 0 Å². The Morgan fingerprint density at radius 1 is 0.500 bits per heavy atom. The molecular formula is C57H105NO8. The normalized spacial score (nSPS) is 20.1. The van der Waals surface area contributed by atoms with Gasteiger partial charge in [0.05, 0.1) is 25.4 Å². The highest BCUT2D eigenvalue weighted by molar-refractivity contribution is 5.76. The molecule has 66 heavy (non-hydrogen) atoms. The van der Waals surface area contributed by atoms with Crippen molar-refractivity contribution >= 4 is 5.91 Å². The van der Waals surface area contributed by atoms with Crippen LogP contribution in [0.15, 0.2) is 48.6 Å². The average molecular weight is 932 g/mol. The number of carbonyl (C=O) groups is 1. The van der Waals surface area contributed by atoms with E-state index < -0.39 is 49.5 Å². The maximum atomic E-state index is 13.0. The molecule has 1 aliphatic rings. The minimum absolute atomic E-state index is 0.200. The fraction of sp³-hybridized carbons (Fsp3) is 0.842. The van der Waals surface area contributed by atoms with E-state index in [0.717, 1.165) is 64.2 Å². The summed E-state index contributed by atoms with van der Waals surface area (Å²) in [4.78, 5) is 13.0. The zero-order chi connectivity index (χ0) is 48.0. The molecule has 0 aliphatic carbocycles. The van der Waals surface area contributed by atoms with Crippen LogP contribution < -0.4 is 5.32 Å². The molecule has 1 heterocycles. The van der Waals surface area contributed by atoms with E-state index in [2.05, 4.69) is 55.6 Å². The molecular weight excluding hydrogens is 827 g/mol. The first-order valence-electron chi connectivity index (χ1n) is 27.9. The summed E-state index contributed by atoms with van der Waals surface area (Å²) in [5, 5.41) is 54.3. The summed E-state index contributed by atoms with van der Waals surface area (Å²) in [5.41, 5.74) is 0. The highest BCUT2D eigenvalue weighted by Gasteiger charge is 2.44. The molecule has 0 spiro atoms. The second-order valence-electron chi connectivity index (χ2n) is 19.4. The van der Waals surface area contributed by atoms with Crippen LogP contribution in [0.25, 0.3) is 0 Å². The summed E-state index contributed by atoms with van der Waals surface area (Å²) >= 11 is 0. The van der Waals surface area contributed by atoms with Gasteiger partial charge in [0, 0.05) is 6.42 Å². The van der Waals surface area contributed by atoms with Crippen LogP contribution in [-0.2, 0) is 14.3 Å². The van der Waals surface area contributed by atoms with Gasteiger partial charge in [0.1, 0.15) is 24.4 Å². The topological polar surface area (TPSA) is 149 Å². The van der Waals surface area contributed by atoms with Gasteiger partial charge in [-0.25, -0.2) is 0 Å². The molecule has 0 saturated carbocycles. The molecule has 0 aromatic heterocycles. The number of carbonyl (C=O) groups excluding carboxylic acids is 1. The number of hydrogen-bond donors (Lipinski definition) is 6. The molecule has 0 aromatic carbocycles. The third-order valence-electron chi connectivity index (χ3n) is 13.1. The van der Waals surface area contributed by atoms with Gasteiger partial charge >= 0.3 is 0 Å². The lowest BCUT2D eigenvalue weighted by atomic mass is 9.99. The van der Waals surface area contributed by atoms with Crippen LogP contribution in [0.1, 0.15) is 251 Å². The summed E-state index contributed by atoms with van der Waals surface area (Å²) in [6.07, 6.45) is 54.7. The van der Waals surface area contributed by atoms with Gasteiger partial charge in [0.15, 0.2) is 6.29 Å². The third-order valence-corrected chi connectivity index (χ3v) is 13.1. The Hall–Kier alpha value is -1.85. The summed E-state index contributed by atoms with van der Waals surface area (Å²) in [5.74, 6) is -0.200. The number of aliphatic hydroxyl groups excluding tert-OH is 5. The van der Waals surface area contributed by atoms with Crippen molar-refractivity contribution in [3.05, 3.63) is 48.6 Å². The number of hydrogen-bond acceptors (Lipinski definition) is 8. The summed E-state index contributed by atoms with van der Waals surface area (Å²) in [6, 6.07) is -0.833. The highest BCUT2D eigenvalue weighted by Crippen LogP contribution is 2.23. The van der Waals surface area contributed by atoms with Crippen molar-refractivity contribution < 1.29 is 39.8 Å². The van der Waals surface area contributed by atoms with Crippen molar-refractivity contribution in [2.24, 2.45) is 0 Å². The van der Waals surface area contributed by atoms with E-state index in [1.807, 2.05) is 6.08 Å². The molecule has 7 unspecified atom stereocenters. The molecule has 7 atom stereocenters. The summed E-state index contributed by atoms with van der Waals surface area (Å²) in [7, 11) is 0. The molecule has 6 N–H and O–H groups in total. The standard InChI is InChI=1S/C57H105NO8/c1-3-5-7-9-11-13-15-17-19-20-21-22-23-24-25-26-27-28-29-30-31-32-33-34-36-38-40-42-44-46-51(60)50(49-65-57-56(64)55(63)54(62)52(48-59)66-57)58-53(61)47-45-43-41-39-37-35-18-16-14-12-10-8-6-4-2/h16,18,31-32,36,38,44,46,50-52,54-57,59-60,62-64H,3-15,17,19-30,33-35,37,39-43,45,47-49H2,1-2H3,(H,58,61)/b18-16-,32-31+,38-36+,46-44+. The lowest BCUT2D eigenvalue weighted by Crippen LogP contribution is -2.60. The Balaban J connectivity index is 2.25. The van der Waals surface area contributed by atoms with E-state index in [0.29, 0.717) is 6.42 Å². The zero-order valence-electron chi connectivity index (χ0n) is 42.7. The molecule has 386 valence electrons. The molecule has 1 saturated heterocycles. The number of unbranched alkanes of at least 4 members (excludes halogenated alkanes) is 31. The van der Waals surface area contributed by atoms with E-state index in [-0.39, 0.29) is 12.5 Å². The van der Waals surface area contributed by atoms with Crippen molar-refractivity contribution in [3.8, 4) is 0 Å². The largest absolute Gasteiger partial charge is 0.394 e. The second-order valence-corrected chi connectivity index (χ2v) is 19.4. The van der Waals surface area contributed by atoms with Crippen LogP contribution >= 0.6 is 0 Å². The average Bonchev–Trinajstić information content (AvgIpc) is 3.32. The number of aliphatic hydroxyl groups is 5. The van der Waals surface area contributed by atoms with Gasteiger partial charge in [-0.05, 0) is 70.6 Å². The van der Waals surface area contributed by atoms with Gasteiger partial charge in [0.2, 0.25) is 5.91 Å². The molecule has 0 radical (unpaired) electrons. The fourth-order valence-electron chi connectivity index (χ4n) is 8.65. The first-order valence-corrected chi connectivity index (χ1v) is 27.9. The van der Waals surface area contributed by atoms with E-state index in [1.165, 1.54) is 167 Å². The van der Waals surface area contributed by atoms with Gasteiger partial charge in [-0.1, -0.05) is 223 Å². The Bertz CT molecular complexity index is 1170. The summed E-state index contributed by atoms with van der Waals surface area (Å²) < 4.78 is 11.2. The van der Waals surface area contributed by atoms with Gasteiger partial charge in [-0.15, -0.1) is 0 Å². The van der Waals surface area contributed by atoms with Crippen LogP contribution in [-0.4, -0.2) is 87.5 Å². The van der Waals surface area contributed by atoms with Gasteiger partial charge in [-0.3, -0.25) is 4.79 Å². The first kappa shape index (κ1) is 62.2. The first-order chi connectivity index (χ1) is 32.3. The number of allylic oxidation sites excluding steroid dienone is 7. The number of ether oxygens (including phenoxy) is 2. The number of nitrogens with one attached hydrogen (secondary N) is 1. The van der Waals surface area contributed by atoms with Crippen molar-refractivity contribution in [1.29, 1.82) is 0 Å². The second kappa shape index (κ2) is 46.9. The monoisotopic (exact) mass is 932 g/mol. The predicted molar refractivity (Wildman–Crippen MR) is 276 cm³/mol. The van der Waals surface area contributed by atoms with Crippen molar-refractivity contribution in [2.45, 2.75) is 294 Å². The van der Waals surface area contributed by atoms with E-state index in [1.54, 1.807) is 6.08 Å². The van der Waals surface area contributed by atoms with Crippen molar-refractivity contribution in [3.63, 3.8) is 0 Å². The molecule has 1 fully saturated rings. The Kier molecular flexibility index (Phi) is 44.1. The lowest BCUT2D eigenvalue weighted by molar-refractivity contribution is -0.302. The van der Waals surface area contributed by atoms with Crippen LogP contribution in [0.2, 0.25) is 0 Å². The van der Waals surface area contributed by atoms with Crippen LogP contribution in [0.4, 0.5) is 0 Å². The molecule has 1 rings (SSSR count). The quantitative estimate of drug-likeness (QED) is 0.0261. The van der Waals surface area contributed by atoms with Gasteiger partial charge < -0.3 is 40.3 Å². The molecule has 9 heteroatoms. The van der Waals surface area contributed by atoms with Crippen LogP contribution in [0, 0.1) is 0 Å². The predicted octanol–water partition coefficient (Wildman–Crippen LogP) is 13.3. The van der Waals surface area contributed by atoms with E-state index in [4.69, 9.17) is 9.47 Å². The van der Waals surface area contributed by atoms with Crippen molar-refractivity contribution in [1.82, 2.24) is 5.32 Å². The molecule has 1 aliphatic heterocycles. The SMILES string of the molecule is CCCCCCC/C=C\CCCCCCCC(=O)NC(COC1OC(CO)C(O)C(O)C1O)C(O)/C=C/CC/C=C/CC/C=C/CCCCCCCCCCCCCCCCCCCCC. The van der Waals surface area contributed by atoms with Gasteiger partial charge in [-0.2, -0.15) is 0 Å². The minimum atomic E-state index is -1.58. The van der Waals surface area contributed by atoms with Crippen molar-refractivity contribution in [2.75, 3.05) is 13.2 Å². The Morgan fingerprint density at radius 2 is 0.864 bits per heavy atom. The molecule has 0 bridgehead atoms. The van der Waals surface area contributed by atoms with Crippen LogP contribution in [0.5, 0.6) is 0 Å². The van der Waals surface area contributed by atoms with E-state index >= 15 is 0 Å². The minimum Gasteiger partial charge on any atom is -0.394 e. The lowest BCUT2D eigenvalue weighted by Gasteiger charge is -2.40. The zero-order valence-corrected chi connectivity index (χ0v) is 42.7. The Morgan fingerprint density at radius 3 is 1.27 bits per heavy atom. The smallest absolute Gasteiger partial charge is 0.220 e. The summed E-state index contributed by atoms with van der Waals surface area (Å²) in [6.45, 7) is 3.75. The molecule has 9 nitrogen and oxygen atoms in total. The number of amides is 1. The Labute approximate surface area is 405 Å². The van der Waals surface area contributed by atoms with E-state index in [9.17, 15) is 30.3 Å². The fourth-order valence-corrected chi connectivity index (χ4v) is 8.65. The third kappa shape index (κ3) is 36.2. The highest BCUT2D eigenvalue weighted by atomic mass is 16.7. The molecule has 1 amide bonds. The maximum absolute atomic E-state index is 13.0. The maximum Gasteiger partial charge on any atom is 0.220 e. The van der Waals surface area contributed by atoms with Crippen LogP contribution in [0.3, 0.4) is 0 Å². The molecule has 0 aromatic rings. The number of rotatable bonds is 47.